The smallest absolute Gasteiger partial charge is 0.234 e. The maximum absolute atomic E-state index is 4.67. The summed E-state index contributed by atoms with van der Waals surface area (Å²) in [5.41, 5.74) is 3.21. The number of aromatic nitrogens is 3. The van der Waals surface area contributed by atoms with E-state index in [9.17, 15) is 0 Å². The van der Waals surface area contributed by atoms with Crippen LogP contribution in [0.1, 0.15) is 22.0 Å². The van der Waals surface area contributed by atoms with Crippen LogP contribution < -0.4 is 0 Å². The Labute approximate surface area is 134 Å². The van der Waals surface area contributed by atoms with Gasteiger partial charge in [0.05, 0.1) is 5.69 Å². The van der Waals surface area contributed by atoms with Gasteiger partial charge in [0.15, 0.2) is 0 Å². The Morgan fingerprint density at radius 3 is 2.91 bits per heavy atom. The quantitative estimate of drug-likeness (QED) is 0.652. The molecule has 5 heteroatoms. The third-order valence-electron chi connectivity index (χ3n) is 3.54. The van der Waals surface area contributed by atoms with Crippen LogP contribution in [-0.2, 0) is 13.1 Å². The third-order valence-corrected chi connectivity index (χ3v) is 4.40. The third kappa shape index (κ3) is 3.26. The van der Waals surface area contributed by atoms with Crippen LogP contribution in [0.4, 0.5) is 0 Å². The second-order valence-electron chi connectivity index (χ2n) is 5.48. The highest BCUT2D eigenvalue weighted by molar-refractivity contribution is 7.09. The second-order valence-corrected chi connectivity index (χ2v) is 6.51. The van der Waals surface area contributed by atoms with Gasteiger partial charge in [0.25, 0.3) is 0 Å². The van der Waals surface area contributed by atoms with E-state index in [0.717, 1.165) is 42.5 Å². The van der Waals surface area contributed by atoms with Gasteiger partial charge >= 0.3 is 0 Å². The van der Waals surface area contributed by atoms with Crippen LogP contribution in [0, 0.1) is 13.8 Å². The monoisotopic (exact) mass is 312 g/mol. The van der Waals surface area contributed by atoms with E-state index in [1.165, 1.54) is 4.88 Å². The molecular formula is C17H20N4S. The van der Waals surface area contributed by atoms with Crippen LogP contribution in [0.15, 0.2) is 42.4 Å². The van der Waals surface area contributed by atoms with Crippen LogP contribution in [0.2, 0.25) is 0 Å². The molecule has 0 saturated carbocycles. The van der Waals surface area contributed by atoms with Crippen LogP contribution in [0.25, 0.3) is 5.78 Å². The zero-order valence-electron chi connectivity index (χ0n) is 13.0. The summed E-state index contributed by atoms with van der Waals surface area (Å²) in [6.07, 6.45) is 4.03. The molecule has 3 rings (SSSR count). The van der Waals surface area contributed by atoms with Gasteiger partial charge in [0.1, 0.15) is 0 Å². The fourth-order valence-electron chi connectivity index (χ4n) is 2.61. The SMILES string of the molecule is C=CCN(Cc1cn2c(C)cc(C)nc2n1)Cc1cccs1. The predicted molar refractivity (Wildman–Crippen MR) is 91.1 cm³/mol. The first-order valence-electron chi connectivity index (χ1n) is 7.33. The topological polar surface area (TPSA) is 33.4 Å². The minimum atomic E-state index is 0.780. The Bertz CT molecular complexity index is 773. The van der Waals surface area contributed by atoms with Crippen molar-refractivity contribution in [3.8, 4) is 0 Å². The van der Waals surface area contributed by atoms with E-state index in [1.54, 1.807) is 11.3 Å². The van der Waals surface area contributed by atoms with E-state index in [-0.39, 0.29) is 0 Å². The molecule has 3 heterocycles. The van der Waals surface area contributed by atoms with E-state index in [0.29, 0.717) is 0 Å². The number of thiophene rings is 1. The van der Waals surface area contributed by atoms with Crippen molar-refractivity contribution in [3.05, 3.63) is 64.4 Å². The molecule has 22 heavy (non-hydrogen) atoms. The summed E-state index contributed by atoms with van der Waals surface area (Å²) in [5, 5.41) is 2.11. The summed E-state index contributed by atoms with van der Waals surface area (Å²) < 4.78 is 2.06. The maximum Gasteiger partial charge on any atom is 0.234 e. The molecule has 0 atom stereocenters. The first-order chi connectivity index (χ1) is 10.7. The molecule has 4 nitrogen and oxygen atoms in total. The molecule has 0 unspecified atom stereocenters. The molecule has 3 aromatic rings. The molecule has 0 aliphatic carbocycles. The molecule has 3 aromatic heterocycles. The summed E-state index contributed by atoms with van der Waals surface area (Å²) in [6, 6.07) is 6.33. The predicted octanol–water partition coefficient (Wildman–Crippen LogP) is 3.60. The summed E-state index contributed by atoms with van der Waals surface area (Å²) in [5.74, 6) is 0.780. The molecule has 114 valence electrons. The number of nitrogens with zero attached hydrogens (tertiary/aromatic N) is 4. The Hall–Kier alpha value is -1.98. The number of imidazole rings is 1. The van der Waals surface area contributed by atoms with E-state index < -0.39 is 0 Å². The minimum absolute atomic E-state index is 0.780. The molecule has 0 spiro atoms. The number of fused-ring (bicyclic) bond motifs is 1. The lowest BCUT2D eigenvalue weighted by atomic mass is 10.3. The van der Waals surface area contributed by atoms with Crippen molar-refractivity contribution in [2.45, 2.75) is 26.9 Å². The van der Waals surface area contributed by atoms with Crippen molar-refractivity contribution in [1.29, 1.82) is 0 Å². The van der Waals surface area contributed by atoms with Crippen molar-refractivity contribution in [1.82, 2.24) is 19.3 Å². The van der Waals surface area contributed by atoms with Gasteiger partial charge in [0, 0.05) is 42.1 Å². The zero-order chi connectivity index (χ0) is 15.5. The Morgan fingerprint density at radius 1 is 1.32 bits per heavy atom. The highest BCUT2D eigenvalue weighted by Crippen LogP contribution is 2.15. The standard InChI is InChI=1S/C17H20N4S/c1-4-7-20(12-16-6-5-8-22-16)10-15-11-21-14(3)9-13(2)18-17(21)19-15/h4-6,8-9,11H,1,7,10,12H2,2-3H3. The van der Waals surface area contributed by atoms with Gasteiger partial charge in [-0.05, 0) is 31.4 Å². The number of hydrogen-bond acceptors (Lipinski definition) is 4. The number of aryl methyl sites for hydroxylation is 2. The molecule has 0 N–H and O–H groups in total. The van der Waals surface area contributed by atoms with Gasteiger partial charge in [-0.1, -0.05) is 12.1 Å². The van der Waals surface area contributed by atoms with Crippen LogP contribution in [0.3, 0.4) is 0 Å². The van der Waals surface area contributed by atoms with E-state index in [4.69, 9.17) is 0 Å². The van der Waals surface area contributed by atoms with Crippen molar-refractivity contribution in [3.63, 3.8) is 0 Å². The van der Waals surface area contributed by atoms with Gasteiger partial charge in [-0.2, -0.15) is 0 Å². The van der Waals surface area contributed by atoms with Gasteiger partial charge in [-0.15, -0.1) is 17.9 Å². The van der Waals surface area contributed by atoms with Gasteiger partial charge in [0.2, 0.25) is 5.78 Å². The van der Waals surface area contributed by atoms with Gasteiger partial charge in [-0.25, -0.2) is 9.97 Å². The highest BCUT2D eigenvalue weighted by atomic mass is 32.1. The van der Waals surface area contributed by atoms with E-state index in [2.05, 4.69) is 62.5 Å². The molecule has 0 aliphatic rings. The molecular weight excluding hydrogens is 292 g/mol. The zero-order valence-corrected chi connectivity index (χ0v) is 13.8. The Morgan fingerprint density at radius 2 is 2.18 bits per heavy atom. The molecule has 0 amide bonds. The Balaban J connectivity index is 1.83. The fourth-order valence-corrected chi connectivity index (χ4v) is 3.36. The van der Waals surface area contributed by atoms with E-state index in [1.807, 2.05) is 13.0 Å². The molecule has 0 bridgehead atoms. The van der Waals surface area contributed by atoms with E-state index >= 15 is 0 Å². The van der Waals surface area contributed by atoms with Crippen LogP contribution in [0.5, 0.6) is 0 Å². The molecule has 0 fully saturated rings. The van der Waals surface area contributed by atoms with Crippen molar-refractivity contribution in [2.75, 3.05) is 6.54 Å². The molecule has 0 saturated heterocycles. The van der Waals surface area contributed by atoms with Crippen molar-refractivity contribution >= 4 is 17.1 Å². The molecule has 0 aromatic carbocycles. The Kier molecular flexibility index (Phi) is 4.36. The summed E-state index contributed by atoms with van der Waals surface area (Å²) >= 11 is 1.78. The van der Waals surface area contributed by atoms with Crippen LogP contribution >= 0.6 is 11.3 Å². The lowest BCUT2D eigenvalue weighted by molar-refractivity contribution is 0.285. The first kappa shape index (κ1) is 14.9. The second kappa shape index (κ2) is 6.42. The summed E-state index contributed by atoms with van der Waals surface area (Å²) in [7, 11) is 0. The first-order valence-corrected chi connectivity index (χ1v) is 8.21. The van der Waals surface area contributed by atoms with Crippen molar-refractivity contribution < 1.29 is 0 Å². The minimum Gasteiger partial charge on any atom is -0.289 e. The summed E-state index contributed by atoms with van der Waals surface area (Å²) in [4.78, 5) is 12.9. The number of hydrogen-bond donors (Lipinski definition) is 0. The van der Waals surface area contributed by atoms with Crippen molar-refractivity contribution in [2.24, 2.45) is 0 Å². The van der Waals surface area contributed by atoms with Gasteiger partial charge in [-0.3, -0.25) is 9.30 Å². The summed E-state index contributed by atoms with van der Waals surface area (Å²) in [6.45, 7) is 10.5. The largest absolute Gasteiger partial charge is 0.289 e. The van der Waals surface area contributed by atoms with Gasteiger partial charge < -0.3 is 0 Å². The van der Waals surface area contributed by atoms with Crippen LogP contribution in [-0.4, -0.2) is 25.8 Å². The lowest BCUT2D eigenvalue weighted by Crippen LogP contribution is -2.22. The molecule has 0 aliphatic heterocycles. The lowest BCUT2D eigenvalue weighted by Gasteiger charge is -2.18. The highest BCUT2D eigenvalue weighted by Gasteiger charge is 2.11. The average molecular weight is 312 g/mol. The number of rotatable bonds is 6. The maximum atomic E-state index is 4.67. The average Bonchev–Trinajstić information content (AvgIpc) is 3.08. The fraction of sp³-hybridized carbons (Fsp3) is 0.294. The molecule has 0 radical (unpaired) electrons. The normalized spacial score (nSPS) is 11.4.